The van der Waals surface area contributed by atoms with Crippen LogP contribution in [0.2, 0.25) is 0 Å². The molecule has 3 nitrogen and oxygen atoms in total. The minimum Gasteiger partial charge on any atom is -0.512 e. The van der Waals surface area contributed by atoms with Crippen LogP contribution in [0.25, 0.3) is 22.2 Å². The van der Waals surface area contributed by atoms with E-state index in [2.05, 4.69) is 72.8 Å². The minimum absolute atomic E-state index is 0.116. The molecule has 0 unspecified atom stereocenters. The van der Waals surface area contributed by atoms with E-state index in [4.69, 9.17) is 4.98 Å². The van der Waals surface area contributed by atoms with Gasteiger partial charge in [0.15, 0.2) is 5.78 Å². The first-order valence-corrected chi connectivity index (χ1v) is 11.5. The Bertz CT molecular complexity index is 1260. The molecule has 1 heterocycles. The Morgan fingerprint density at radius 2 is 1.52 bits per heavy atom. The number of nitrogens with zero attached hydrogens (tertiary/aromatic N) is 1. The molecule has 0 aliphatic rings. The predicted octanol–water partition coefficient (Wildman–Crippen LogP) is 7.04. The van der Waals surface area contributed by atoms with E-state index >= 15 is 0 Å². The van der Waals surface area contributed by atoms with Crippen LogP contribution in [-0.2, 0) is 24.1 Å². The van der Waals surface area contributed by atoms with Crippen molar-refractivity contribution < 1.29 is 9.90 Å². The number of aromatic nitrogens is 1. The molecule has 3 heteroatoms. The summed E-state index contributed by atoms with van der Waals surface area (Å²) in [5.41, 5.74) is 7.05. The van der Waals surface area contributed by atoms with Gasteiger partial charge in [-0.25, -0.2) is 4.98 Å². The number of hydrogen-bond donors (Lipinski definition) is 1. The second-order valence-corrected chi connectivity index (χ2v) is 8.47. The molecule has 1 N–H and O–H groups in total. The fourth-order valence-electron chi connectivity index (χ4n) is 4.14. The van der Waals surface area contributed by atoms with Gasteiger partial charge in [-0.1, -0.05) is 72.8 Å². The monoisotopic (exact) mass is 435 g/mol. The van der Waals surface area contributed by atoms with Gasteiger partial charge in [-0.05, 0) is 61.4 Å². The number of fused-ring (bicyclic) bond motifs is 1. The van der Waals surface area contributed by atoms with Gasteiger partial charge >= 0.3 is 0 Å². The van der Waals surface area contributed by atoms with Crippen molar-refractivity contribution >= 4 is 16.7 Å². The first kappa shape index (κ1) is 22.5. The maximum atomic E-state index is 11.0. The molecule has 0 spiro atoms. The Balaban J connectivity index is 1.43. The van der Waals surface area contributed by atoms with Gasteiger partial charge < -0.3 is 5.11 Å². The van der Waals surface area contributed by atoms with E-state index in [0.717, 1.165) is 42.5 Å². The molecule has 0 amide bonds. The molecular formula is C30H29NO2. The zero-order chi connectivity index (χ0) is 23.0. The smallest absolute Gasteiger partial charge is 0.155 e. The van der Waals surface area contributed by atoms with Gasteiger partial charge in [0.25, 0.3) is 0 Å². The van der Waals surface area contributed by atoms with Gasteiger partial charge in [-0.3, -0.25) is 4.79 Å². The lowest BCUT2D eigenvalue weighted by molar-refractivity contribution is -0.112. The lowest BCUT2D eigenvalue weighted by Gasteiger charge is -2.11. The van der Waals surface area contributed by atoms with E-state index in [1.54, 1.807) is 0 Å². The number of aliphatic hydroxyl groups is 1. The van der Waals surface area contributed by atoms with Crippen molar-refractivity contribution in [3.63, 3.8) is 0 Å². The van der Waals surface area contributed by atoms with Crippen LogP contribution < -0.4 is 0 Å². The van der Waals surface area contributed by atoms with Crippen LogP contribution in [0.3, 0.4) is 0 Å². The topological polar surface area (TPSA) is 50.2 Å². The largest absolute Gasteiger partial charge is 0.512 e. The summed E-state index contributed by atoms with van der Waals surface area (Å²) < 4.78 is 0. The number of carbonyl (C=O) groups is 1. The van der Waals surface area contributed by atoms with Crippen LogP contribution in [0.5, 0.6) is 0 Å². The number of hydrogen-bond acceptors (Lipinski definition) is 3. The highest BCUT2D eigenvalue weighted by atomic mass is 16.3. The fourth-order valence-corrected chi connectivity index (χ4v) is 4.14. The van der Waals surface area contributed by atoms with Gasteiger partial charge in [-0.15, -0.1) is 0 Å². The van der Waals surface area contributed by atoms with Gasteiger partial charge in [0.1, 0.15) is 0 Å². The molecule has 0 saturated heterocycles. The molecule has 0 aliphatic carbocycles. The first-order chi connectivity index (χ1) is 16.1. The number of para-hydroxylation sites is 1. The molecule has 4 aromatic rings. The molecule has 3 aromatic carbocycles. The summed E-state index contributed by atoms with van der Waals surface area (Å²) in [6, 6.07) is 29.7. The molecule has 0 bridgehead atoms. The maximum Gasteiger partial charge on any atom is 0.155 e. The molecule has 33 heavy (non-hydrogen) atoms. The Morgan fingerprint density at radius 1 is 0.848 bits per heavy atom. The Kier molecular flexibility index (Phi) is 7.31. The number of rotatable bonds is 9. The van der Waals surface area contributed by atoms with E-state index in [1.165, 1.54) is 35.1 Å². The van der Waals surface area contributed by atoms with Crippen LogP contribution >= 0.6 is 0 Å². The van der Waals surface area contributed by atoms with E-state index in [0.29, 0.717) is 6.42 Å². The standard InChI is InChI=1S/C30H29NO2/c1-22(32)20-27(33)11-7-8-23-14-16-24(17-15-23)18-19-26-21-30(25-9-3-2-4-10-25)31-29-13-6-5-12-28(26)29/h2-6,9-10,12-17,20-21,33H,7-8,11,18-19H2,1H3. The van der Waals surface area contributed by atoms with Crippen molar-refractivity contribution in [3.8, 4) is 11.3 Å². The number of ketones is 1. The second kappa shape index (κ2) is 10.7. The molecule has 0 atom stereocenters. The lowest BCUT2D eigenvalue weighted by Crippen LogP contribution is -1.97. The highest BCUT2D eigenvalue weighted by Crippen LogP contribution is 2.26. The van der Waals surface area contributed by atoms with Crippen molar-refractivity contribution in [3.05, 3.63) is 113 Å². The average molecular weight is 436 g/mol. The second-order valence-electron chi connectivity index (χ2n) is 8.47. The molecule has 0 aliphatic heterocycles. The van der Waals surface area contributed by atoms with Crippen LogP contribution in [0, 0.1) is 0 Å². The van der Waals surface area contributed by atoms with Crippen molar-refractivity contribution in [1.29, 1.82) is 0 Å². The summed E-state index contributed by atoms with van der Waals surface area (Å²) in [7, 11) is 0. The zero-order valence-corrected chi connectivity index (χ0v) is 19.0. The van der Waals surface area contributed by atoms with E-state index in [9.17, 15) is 9.90 Å². The summed E-state index contributed by atoms with van der Waals surface area (Å²) in [6.45, 7) is 1.45. The van der Waals surface area contributed by atoms with Gasteiger partial charge in [0.2, 0.25) is 0 Å². The lowest BCUT2D eigenvalue weighted by atomic mass is 9.97. The van der Waals surface area contributed by atoms with Crippen molar-refractivity contribution in [1.82, 2.24) is 4.98 Å². The molecule has 0 fully saturated rings. The number of aryl methyl sites for hydroxylation is 3. The SMILES string of the molecule is CC(=O)C=C(O)CCCc1ccc(CCc2cc(-c3ccccc3)nc3ccccc23)cc1. The molecule has 1 aromatic heterocycles. The number of allylic oxidation sites excluding steroid dienone is 2. The van der Waals surface area contributed by atoms with Crippen LogP contribution in [0.4, 0.5) is 0 Å². The molecule has 166 valence electrons. The number of pyridine rings is 1. The quantitative estimate of drug-likeness (QED) is 0.227. The molecular weight excluding hydrogens is 406 g/mol. The summed E-state index contributed by atoms with van der Waals surface area (Å²) in [5, 5.41) is 10.9. The summed E-state index contributed by atoms with van der Waals surface area (Å²) in [4.78, 5) is 15.9. The van der Waals surface area contributed by atoms with Gasteiger partial charge in [0.05, 0.1) is 17.0 Å². The Hall–Kier alpha value is -3.72. The van der Waals surface area contributed by atoms with Crippen LogP contribution in [-0.4, -0.2) is 15.9 Å². The summed E-state index contributed by atoms with van der Waals surface area (Å²) in [6.07, 6.45) is 5.44. The molecule has 0 radical (unpaired) electrons. The molecule has 4 rings (SSSR count). The van der Waals surface area contributed by atoms with Crippen molar-refractivity contribution in [2.24, 2.45) is 0 Å². The van der Waals surface area contributed by atoms with Crippen molar-refractivity contribution in [2.75, 3.05) is 0 Å². The van der Waals surface area contributed by atoms with E-state index in [-0.39, 0.29) is 11.5 Å². The number of benzene rings is 3. The third kappa shape index (κ3) is 6.17. The van der Waals surface area contributed by atoms with E-state index < -0.39 is 0 Å². The zero-order valence-electron chi connectivity index (χ0n) is 19.0. The number of aliphatic hydroxyl groups excluding tert-OH is 1. The van der Waals surface area contributed by atoms with Gasteiger partial charge in [0, 0.05) is 23.4 Å². The minimum atomic E-state index is -0.116. The summed E-state index contributed by atoms with van der Waals surface area (Å²) >= 11 is 0. The maximum absolute atomic E-state index is 11.0. The molecule has 0 saturated carbocycles. The fraction of sp³-hybridized carbons (Fsp3) is 0.200. The third-order valence-corrected chi connectivity index (χ3v) is 5.85. The normalized spacial score (nSPS) is 11.6. The number of carbonyl (C=O) groups excluding carboxylic acids is 1. The Labute approximate surface area is 195 Å². The summed E-state index contributed by atoms with van der Waals surface area (Å²) in [5.74, 6) is 0.0493. The third-order valence-electron chi connectivity index (χ3n) is 5.85. The first-order valence-electron chi connectivity index (χ1n) is 11.5. The Morgan fingerprint density at radius 3 is 2.24 bits per heavy atom. The highest BCUT2D eigenvalue weighted by Gasteiger charge is 2.08. The van der Waals surface area contributed by atoms with Crippen LogP contribution in [0.1, 0.15) is 36.5 Å². The van der Waals surface area contributed by atoms with E-state index in [1.807, 2.05) is 12.1 Å². The van der Waals surface area contributed by atoms with Crippen molar-refractivity contribution in [2.45, 2.75) is 39.0 Å². The average Bonchev–Trinajstić information content (AvgIpc) is 2.83. The van der Waals surface area contributed by atoms with Gasteiger partial charge in [-0.2, -0.15) is 0 Å². The predicted molar refractivity (Wildman–Crippen MR) is 135 cm³/mol. The van der Waals surface area contributed by atoms with Crippen LogP contribution in [0.15, 0.2) is 96.8 Å². The highest BCUT2D eigenvalue weighted by molar-refractivity contribution is 5.87.